The van der Waals surface area contributed by atoms with Crippen LogP contribution in [0.1, 0.15) is 0 Å². The van der Waals surface area contributed by atoms with E-state index in [1.165, 1.54) is 7.11 Å². The predicted octanol–water partition coefficient (Wildman–Crippen LogP) is -0.259. The topological polar surface area (TPSA) is 49.8 Å². The summed E-state index contributed by atoms with van der Waals surface area (Å²) in [6, 6.07) is 0. The summed E-state index contributed by atoms with van der Waals surface area (Å²) in [6.45, 7) is 0.406. The average Bonchev–Trinajstić information content (AvgIpc) is 1.95. The summed E-state index contributed by atoms with van der Waals surface area (Å²) in [5, 5.41) is 8.72. The summed E-state index contributed by atoms with van der Waals surface area (Å²) in [5.74, 6) is -0.972. The van der Waals surface area contributed by atoms with Crippen molar-refractivity contribution < 1.29 is 19.0 Å². The fraction of sp³-hybridized carbons (Fsp3) is 0.857. The van der Waals surface area contributed by atoms with Crippen molar-refractivity contribution in [2.24, 2.45) is 0 Å². The van der Waals surface area contributed by atoms with Crippen LogP contribution < -0.4 is 0 Å². The van der Waals surface area contributed by atoms with Gasteiger partial charge in [-0.1, -0.05) is 0 Å². The van der Waals surface area contributed by atoms with Gasteiger partial charge in [0.1, 0.15) is 6.67 Å². The third-order valence-electron chi connectivity index (χ3n) is 2.14. The van der Waals surface area contributed by atoms with Crippen LogP contribution in [0, 0.1) is 0 Å². The van der Waals surface area contributed by atoms with Crippen LogP contribution in [0.4, 0.5) is 4.39 Å². The highest BCUT2D eigenvalue weighted by Crippen LogP contribution is 2.24. The van der Waals surface area contributed by atoms with Crippen LogP contribution in [0.5, 0.6) is 0 Å². The highest BCUT2D eigenvalue weighted by Gasteiger charge is 2.49. The molecule has 0 aromatic rings. The lowest BCUT2D eigenvalue weighted by Crippen LogP contribution is -2.67. The Morgan fingerprint density at radius 3 is 2.67 bits per heavy atom. The third kappa shape index (κ3) is 1.42. The molecule has 0 saturated carbocycles. The summed E-state index contributed by atoms with van der Waals surface area (Å²) in [6.07, 6.45) is 0. The average molecular weight is 177 g/mol. The Morgan fingerprint density at radius 1 is 1.75 bits per heavy atom. The van der Waals surface area contributed by atoms with Gasteiger partial charge in [0.05, 0.1) is 0 Å². The molecule has 0 radical (unpaired) electrons. The lowest BCUT2D eigenvalue weighted by Gasteiger charge is -2.45. The molecule has 0 atom stereocenters. The lowest BCUT2D eigenvalue weighted by molar-refractivity contribution is -0.185. The zero-order valence-electron chi connectivity index (χ0n) is 6.92. The molecule has 1 aliphatic heterocycles. The van der Waals surface area contributed by atoms with Crippen LogP contribution in [0.3, 0.4) is 0 Å². The van der Waals surface area contributed by atoms with Crippen molar-refractivity contribution in [3.8, 4) is 0 Å². The van der Waals surface area contributed by atoms with Gasteiger partial charge in [-0.05, 0) is 0 Å². The molecule has 1 N–H and O–H groups in total. The summed E-state index contributed by atoms with van der Waals surface area (Å²) in [7, 11) is 1.36. The second kappa shape index (κ2) is 3.37. The first-order valence-corrected chi connectivity index (χ1v) is 3.71. The molecule has 0 aromatic carbocycles. The first kappa shape index (κ1) is 9.41. The summed E-state index contributed by atoms with van der Waals surface area (Å²) >= 11 is 0. The predicted molar refractivity (Wildman–Crippen MR) is 39.8 cm³/mol. The van der Waals surface area contributed by atoms with Gasteiger partial charge in [-0.2, -0.15) is 0 Å². The van der Waals surface area contributed by atoms with E-state index in [0.29, 0.717) is 6.54 Å². The second-order valence-electron chi connectivity index (χ2n) is 2.90. The van der Waals surface area contributed by atoms with Gasteiger partial charge in [0.25, 0.3) is 0 Å². The Bertz CT molecular complexity index is 179. The number of hydrogen-bond acceptors (Lipinski definition) is 3. The molecule has 1 fully saturated rings. The van der Waals surface area contributed by atoms with E-state index >= 15 is 0 Å². The highest BCUT2D eigenvalue weighted by atomic mass is 19.1. The van der Waals surface area contributed by atoms with Gasteiger partial charge in [0, 0.05) is 26.7 Å². The van der Waals surface area contributed by atoms with Crippen LogP contribution >= 0.6 is 0 Å². The largest absolute Gasteiger partial charge is 0.479 e. The molecule has 0 spiro atoms. The molecule has 1 heterocycles. The molecule has 0 aromatic heterocycles. The molecular weight excluding hydrogens is 165 g/mol. The number of ether oxygens (including phenoxy) is 1. The lowest BCUT2D eigenvalue weighted by atomic mass is 9.94. The van der Waals surface area contributed by atoms with Crippen LogP contribution in [-0.4, -0.2) is 55.0 Å². The van der Waals surface area contributed by atoms with Crippen LogP contribution in [0.2, 0.25) is 0 Å². The van der Waals surface area contributed by atoms with E-state index in [4.69, 9.17) is 9.84 Å². The molecule has 70 valence electrons. The number of nitrogens with zero attached hydrogens (tertiary/aromatic N) is 1. The molecule has 12 heavy (non-hydrogen) atoms. The van der Waals surface area contributed by atoms with Crippen molar-refractivity contribution in [2.45, 2.75) is 5.60 Å². The molecular formula is C7H12FNO3. The molecule has 0 unspecified atom stereocenters. The molecule has 0 amide bonds. The van der Waals surface area contributed by atoms with E-state index < -0.39 is 18.2 Å². The third-order valence-corrected chi connectivity index (χ3v) is 2.14. The van der Waals surface area contributed by atoms with E-state index in [2.05, 4.69) is 0 Å². The van der Waals surface area contributed by atoms with Crippen molar-refractivity contribution in [1.29, 1.82) is 0 Å². The Balaban J connectivity index is 2.41. The van der Waals surface area contributed by atoms with E-state index in [9.17, 15) is 9.18 Å². The van der Waals surface area contributed by atoms with E-state index in [1.807, 2.05) is 0 Å². The zero-order valence-corrected chi connectivity index (χ0v) is 6.92. The number of carboxylic acid groups (broad SMARTS) is 1. The Hall–Kier alpha value is -0.680. The molecule has 0 bridgehead atoms. The van der Waals surface area contributed by atoms with Gasteiger partial charge in [0.15, 0.2) is 5.60 Å². The van der Waals surface area contributed by atoms with Crippen LogP contribution in [0.25, 0.3) is 0 Å². The van der Waals surface area contributed by atoms with Crippen molar-refractivity contribution in [3.63, 3.8) is 0 Å². The van der Waals surface area contributed by atoms with Crippen molar-refractivity contribution in [2.75, 3.05) is 33.4 Å². The summed E-state index contributed by atoms with van der Waals surface area (Å²) in [4.78, 5) is 12.3. The first-order valence-electron chi connectivity index (χ1n) is 3.71. The van der Waals surface area contributed by atoms with Gasteiger partial charge < -0.3 is 9.84 Å². The number of hydrogen-bond donors (Lipinski definition) is 1. The van der Waals surface area contributed by atoms with Gasteiger partial charge in [-0.3, -0.25) is 4.90 Å². The Kier molecular flexibility index (Phi) is 2.64. The zero-order chi connectivity index (χ0) is 9.19. The summed E-state index contributed by atoms with van der Waals surface area (Å²) < 4.78 is 16.6. The number of methoxy groups -OCH3 is 1. The quantitative estimate of drug-likeness (QED) is 0.642. The maximum atomic E-state index is 11.8. The monoisotopic (exact) mass is 177 g/mol. The fourth-order valence-corrected chi connectivity index (χ4v) is 1.31. The number of rotatable bonds is 4. The van der Waals surface area contributed by atoms with Gasteiger partial charge in [-0.25, -0.2) is 9.18 Å². The van der Waals surface area contributed by atoms with E-state index in [0.717, 1.165) is 0 Å². The van der Waals surface area contributed by atoms with Gasteiger partial charge in [-0.15, -0.1) is 0 Å². The number of carboxylic acids is 1. The molecule has 4 nitrogen and oxygen atoms in total. The summed E-state index contributed by atoms with van der Waals surface area (Å²) in [5.41, 5.74) is -1.09. The smallest absolute Gasteiger partial charge is 0.338 e. The molecule has 0 aliphatic carbocycles. The van der Waals surface area contributed by atoms with Crippen molar-refractivity contribution in [3.05, 3.63) is 0 Å². The normalized spacial score (nSPS) is 21.8. The number of aliphatic carboxylic acids is 1. The van der Waals surface area contributed by atoms with Crippen molar-refractivity contribution in [1.82, 2.24) is 4.90 Å². The Labute approximate surface area is 69.9 Å². The molecule has 1 rings (SSSR count). The molecule has 1 saturated heterocycles. The van der Waals surface area contributed by atoms with Crippen LogP contribution in [-0.2, 0) is 9.53 Å². The maximum Gasteiger partial charge on any atom is 0.338 e. The van der Waals surface area contributed by atoms with Gasteiger partial charge >= 0.3 is 5.97 Å². The standard InChI is InChI=1S/C7H12FNO3/c1-12-7(6(10)11)4-9(5-7)3-2-8/h2-5H2,1H3,(H,10,11). The SMILES string of the molecule is COC1(C(=O)O)CN(CCF)C1. The number of carbonyl (C=O) groups is 1. The molecule has 5 heteroatoms. The maximum absolute atomic E-state index is 11.8. The van der Waals surface area contributed by atoms with E-state index in [1.54, 1.807) is 4.90 Å². The molecule has 1 aliphatic rings. The second-order valence-corrected chi connectivity index (χ2v) is 2.90. The van der Waals surface area contributed by atoms with Gasteiger partial charge in [0.2, 0.25) is 0 Å². The number of alkyl halides is 1. The number of halogens is 1. The minimum absolute atomic E-state index is 0.281. The Morgan fingerprint density at radius 2 is 2.33 bits per heavy atom. The first-order chi connectivity index (χ1) is 5.64. The minimum atomic E-state index is -1.09. The van der Waals surface area contributed by atoms with Crippen molar-refractivity contribution >= 4 is 5.97 Å². The van der Waals surface area contributed by atoms with Crippen LogP contribution in [0.15, 0.2) is 0 Å². The fourth-order valence-electron chi connectivity index (χ4n) is 1.31. The minimum Gasteiger partial charge on any atom is -0.479 e. The highest BCUT2D eigenvalue weighted by molar-refractivity contribution is 5.79. The van der Waals surface area contributed by atoms with E-state index in [-0.39, 0.29) is 13.1 Å². The number of likely N-dealkylation sites (tertiary alicyclic amines) is 1.